The summed E-state index contributed by atoms with van der Waals surface area (Å²) in [4.78, 5) is 22.7. The van der Waals surface area contributed by atoms with Gasteiger partial charge in [0.2, 0.25) is 0 Å². The third-order valence-corrected chi connectivity index (χ3v) is 4.48. The number of nitrogens with zero attached hydrogens (tertiary/aromatic N) is 1. The van der Waals surface area contributed by atoms with E-state index in [4.69, 9.17) is 0 Å². The van der Waals surface area contributed by atoms with E-state index < -0.39 is 4.92 Å². The molecule has 2 N–H and O–H groups in total. The second-order valence-corrected chi connectivity index (χ2v) is 6.57. The first-order valence-electron chi connectivity index (χ1n) is 7.58. The number of aryl methyl sites for hydroxylation is 1. The second kappa shape index (κ2) is 6.44. The van der Waals surface area contributed by atoms with Crippen LogP contribution in [0, 0.1) is 22.5 Å². The molecule has 0 aromatic heterocycles. The summed E-state index contributed by atoms with van der Waals surface area (Å²) in [6.07, 6.45) is 2.26. The van der Waals surface area contributed by atoms with Gasteiger partial charge in [-0.2, -0.15) is 0 Å². The van der Waals surface area contributed by atoms with E-state index in [9.17, 15) is 14.9 Å². The minimum Gasteiger partial charge on any atom is -0.350 e. The second-order valence-electron chi connectivity index (χ2n) is 6.57. The van der Waals surface area contributed by atoms with Crippen LogP contribution in [0.2, 0.25) is 0 Å². The van der Waals surface area contributed by atoms with Gasteiger partial charge in [0.15, 0.2) is 0 Å². The van der Waals surface area contributed by atoms with Crippen LogP contribution >= 0.6 is 0 Å². The van der Waals surface area contributed by atoms with E-state index in [1.807, 2.05) is 0 Å². The first-order valence-corrected chi connectivity index (χ1v) is 7.58. The van der Waals surface area contributed by atoms with Crippen molar-refractivity contribution in [3.05, 3.63) is 39.4 Å². The van der Waals surface area contributed by atoms with Crippen molar-refractivity contribution in [2.45, 2.75) is 39.7 Å². The van der Waals surface area contributed by atoms with Gasteiger partial charge in [0, 0.05) is 30.3 Å². The maximum atomic E-state index is 12.3. The Morgan fingerprint density at radius 3 is 2.86 bits per heavy atom. The smallest absolute Gasteiger partial charge is 0.270 e. The topological polar surface area (TPSA) is 84.3 Å². The SMILES string of the molecule is Cc1ccc([N+](=O)[O-])cc1C(=O)NCC1NCCCC1(C)C. The number of hydrogen-bond donors (Lipinski definition) is 2. The summed E-state index contributed by atoms with van der Waals surface area (Å²) in [7, 11) is 0. The number of amides is 1. The molecular formula is C16H23N3O3. The molecule has 6 heteroatoms. The van der Waals surface area contributed by atoms with Crippen molar-refractivity contribution in [3.63, 3.8) is 0 Å². The number of rotatable bonds is 4. The van der Waals surface area contributed by atoms with Gasteiger partial charge in [0.25, 0.3) is 11.6 Å². The monoisotopic (exact) mass is 305 g/mol. The fourth-order valence-electron chi connectivity index (χ4n) is 2.88. The first-order chi connectivity index (χ1) is 10.3. The van der Waals surface area contributed by atoms with Gasteiger partial charge in [0.1, 0.15) is 0 Å². The molecule has 1 atom stereocenters. The summed E-state index contributed by atoms with van der Waals surface area (Å²) >= 11 is 0. The lowest BCUT2D eigenvalue weighted by Gasteiger charge is -2.39. The van der Waals surface area contributed by atoms with E-state index >= 15 is 0 Å². The van der Waals surface area contributed by atoms with Crippen LogP contribution in [0.4, 0.5) is 5.69 Å². The van der Waals surface area contributed by atoms with Crippen LogP contribution < -0.4 is 10.6 Å². The largest absolute Gasteiger partial charge is 0.350 e. The average molecular weight is 305 g/mol. The van der Waals surface area contributed by atoms with Crippen molar-refractivity contribution in [1.29, 1.82) is 0 Å². The standard InChI is InChI=1S/C16H23N3O3/c1-11-5-6-12(19(21)22)9-13(11)15(20)18-10-14-16(2,3)7-4-8-17-14/h5-6,9,14,17H,4,7-8,10H2,1-3H3,(H,18,20). The molecule has 1 amide bonds. The van der Waals surface area contributed by atoms with Gasteiger partial charge in [-0.1, -0.05) is 19.9 Å². The van der Waals surface area contributed by atoms with Crippen molar-refractivity contribution >= 4 is 11.6 Å². The highest BCUT2D eigenvalue weighted by Crippen LogP contribution is 2.29. The number of piperidine rings is 1. The molecule has 1 aromatic carbocycles. The summed E-state index contributed by atoms with van der Waals surface area (Å²) in [6.45, 7) is 7.64. The molecular weight excluding hydrogens is 282 g/mol. The van der Waals surface area contributed by atoms with Gasteiger partial charge in [-0.3, -0.25) is 14.9 Å². The Bertz CT molecular complexity index is 584. The molecule has 1 aliphatic rings. The highest BCUT2D eigenvalue weighted by atomic mass is 16.6. The average Bonchev–Trinajstić information content (AvgIpc) is 2.45. The van der Waals surface area contributed by atoms with Crippen LogP contribution in [0.25, 0.3) is 0 Å². The molecule has 0 aliphatic carbocycles. The lowest BCUT2D eigenvalue weighted by atomic mass is 9.77. The van der Waals surface area contributed by atoms with Crippen molar-refractivity contribution in [3.8, 4) is 0 Å². The van der Waals surface area contributed by atoms with E-state index in [0.29, 0.717) is 12.1 Å². The molecule has 0 spiro atoms. The zero-order valence-corrected chi connectivity index (χ0v) is 13.3. The van der Waals surface area contributed by atoms with Crippen molar-refractivity contribution in [2.24, 2.45) is 5.41 Å². The number of non-ortho nitro benzene ring substituents is 1. The van der Waals surface area contributed by atoms with Gasteiger partial charge in [0.05, 0.1) is 4.92 Å². The summed E-state index contributed by atoms with van der Waals surface area (Å²) in [6, 6.07) is 4.57. The van der Waals surface area contributed by atoms with Gasteiger partial charge in [-0.15, -0.1) is 0 Å². The third kappa shape index (κ3) is 3.62. The zero-order chi connectivity index (χ0) is 16.3. The van der Waals surface area contributed by atoms with E-state index in [1.54, 1.807) is 13.0 Å². The molecule has 2 rings (SSSR count). The van der Waals surface area contributed by atoms with E-state index in [2.05, 4.69) is 24.5 Å². The van der Waals surface area contributed by atoms with Gasteiger partial charge in [-0.05, 0) is 37.3 Å². The highest BCUT2D eigenvalue weighted by molar-refractivity contribution is 5.96. The van der Waals surface area contributed by atoms with E-state index in [1.165, 1.54) is 12.1 Å². The molecule has 0 saturated carbocycles. The predicted octanol–water partition coefficient (Wildman–Crippen LogP) is 2.41. The number of nitrogens with one attached hydrogen (secondary N) is 2. The van der Waals surface area contributed by atoms with Gasteiger partial charge < -0.3 is 10.6 Å². The molecule has 1 heterocycles. The highest BCUT2D eigenvalue weighted by Gasteiger charge is 2.32. The first kappa shape index (κ1) is 16.4. The number of carbonyl (C=O) groups is 1. The number of nitro groups is 1. The Morgan fingerprint density at radius 2 is 2.23 bits per heavy atom. The number of carbonyl (C=O) groups excluding carboxylic acids is 1. The van der Waals surface area contributed by atoms with Crippen LogP contribution in [0.3, 0.4) is 0 Å². The minimum atomic E-state index is -0.484. The van der Waals surface area contributed by atoms with Crippen molar-refractivity contribution < 1.29 is 9.72 Å². The fraction of sp³-hybridized carbons (Fsp3) is 0.562. The minimum absolute atomic E-state index is 0.0631. The van der Waals surface area contributed by atoms with Gasteiger partial charge >= 0.3 is 0 Å². The van der Waals surface area contributed by atoms with Crippen molar-refractivity contribution in [1.82, 2.24) is 10.6 Å². The molecule has 1 saturated heterocycles. The van der Waals surface area contributed by atoms with Gasteiger partial charge in [-0.25, -0.2) is 0 Å². The Morgan fingerprint density at radius 1 is 1.50 bits per heavy atom. The van der Waals surface area contributed by atoms with E-state index in [-0.39, 0.29) is 23.1 Å². The Labute approximate surface area is 130 Å². The normalized spacial score (nSPS) is 20.4. The van der Waals surface area contributed by atoms with Crippen LogP contribution in [0.5, 0.6) is 0 Å². The molecule has 1 aromatic rings. The lowest BCUT2D eigenvalue weighted by molar-refractivity contribution is -0.384. The maximum absolute atomic E-state index is 12.3. The molecule has 1 aliphatic heterocycles. The quantitative estimate of drug-likeness (QED) is 0.661. The summed E-state index contributed by atoms with van der Waals surface area (Å²) in [5, 5.41) is 17.2. The number of benzene rings is 1. The molecule has 0 radical (unpaired) electrons. The van der Waals surface area contributed by atoms with Crippen molar-refractivity contribution in [2.75, 3.05) is 13.1 Å². The Balaban J connectivity index is 2.06. The van der Waals surface area contributed by atoms with Crippen LogP contribution in [-0.2, 0) is 0 Å². The third-order valence-electron chi connectivity index (χ3n) is 4.48. The number of nitro benzene ring substituents is 1. The summed E-state index contributed by atoms with van der Waals surface area (Å²) < 4.78 is 0. The van der Waals surface area contributed by atoms with E-state index in [0.717, 1.165) is 24.9 Å². The Hall–Kier alpha value is -1.95. The lowest BCUT2D eigenvalue weighted by Crippen LogP contribution is -2.52. The maximum Gasteiger partial charge on any atom is 0.270 e. The molecule has 120 valence electrons. The van der Waals surface area contributed by atoms with Crippen LogP contribution in [-0.4, -0.2) is 30.0 Å². The van der Waals surface area contributed by atoms with Crippen LogP contribution in [0.15, 0.2) is 18.2 Å². The Kier molecular flexibility index (Phi) is 4.81. The summed E-state index contributed by atoms with van der Waals surface area (Å²) in [5.41, 5.74) is 1.16. The molecule has 6 nitrogen and oxygen atoms in total. The predicted molar refractivity (Wildman–Crippen MR) is 85.0 cm³/mol. The molecule has 1 fully saturated rings. The molecule has 0 bridgehead atoms. The fourth-order valence-corrected chi connectivity index (χ4v) is 2.88. The van der Waals surface area contributed by atoms with Crippen LogP contribution in [0.1, 0.15) is 42.6 Å². The molecule has 1 unspecified atom stereocenters. The zero-order valence-electron chi connectivity index (χ0n) is 13.3. The number of hydrogen-bond acceptors (Lipinski definition) is 4. The summed E-state index contributed by atoms with van der Waals surface area (Å²) in [5.74, 6) is -0.260. The molecule has 22 heavy (non-hydrogen) atoms.